The number of benzene rings is 2. The van der Waals surface area contributed by atoms with E-state index in [2.05, 4.69) is 21.2 Å². The number of rotatable bonds is 12. The Hall–Kier alpha value is -2.10. The van der Waals surface area contributed by atoms with Crippen molar-refractivity contribution in [3.63, 3.8) is 0 Å². The molecule has 2 rings (SSSR count). The molecule has 192 valence electrons. The second-order valence-corrected chi connectivity index (χ2v) is 11.8. The van der Waals surface area contributed by atoms with E-state index in [0.717, 1.165) is 22.7 Å². The number of hydrogen-bond donors (Lipinski definition) is 1. The van der Waals surface area contributed by atoms with Crippen LogP contribution in [0.15, 0.2) is 53.0 Å². The molecule has 10 heteroatoms. The molecule has 0 spiro atoms. The van der Waals surface area contributed by atoms with Crippen molar-refractivity contribution < 1.29 is 18.0 Å². The molecule has 0 radical (unpaired) electrons. The summed E-state index contributed by atoms with van der Waals surface area (Å²) in [4.78, 5) is 27.6. The van der Waals surface area contributed by atoms with E-state index in [1.165, 1.54) is 4.31 Å². The quantitative estimate of drug-likeness (QED) is 0.380. The summed E-state index contributed by atoms with van der Waals surface area (Å²) in [5.41, 5.74) is 1.38. The third-order valence-corrected chi connectivity index (χ3v) is 7.68. The number of hydrogen-bond acceptors (Lipinski definition) is 4. The van der Waals surface area contributed by atoms with Gasteiger partial charge in [0.2, 0.25) is 21.8 Å². The second kappa shape index (κ2) is 13.3. The van der Waals surface area contributed by atoms with Crippen LogP contribution >= 0.6 is 27.5 Å². The minimum Gasteiger partial charge on any atom is -0.352 e. The molecule has 0 bridgehead atoms. The molecule has 0 unspecified atom stereocenters. The summed E-state index contributed by atoms with van der Waals surface area (Å²) >= 11 is 9.34. The van der Waals surface area contributed by atoms with Gasteiger partial charge in [-0.2, -0.15) is 0 Å². The van der Waals surface area contributed by atoms with Gasteiger partial charge in [0.25, 0.3) is 0 Å². The first-order valence-electron chi connectivity index (χ1n) is 11.5. The van der Waals surface area contributed by atoms with E-state index in [4.69, 9.17) is 11.6 Å². The molecule has 0 aromatic heterocycles. The number of carbonyl (C=O) groups excluding carboxylic acids is 2. The van der Waals surface area contributed by atoms with Gasteiger partial charge in [-0.3, -0.25) is 13.9 Å². The van der Waals surface area contributed by atoms with Gasteiger partial charge < -0.3 is 10.2 Å². The third kappa shape index (κ3) is 9.13. The lowest BCUT2D eigenvalue weighted by Gasteiger charge is -2.30. The van der Waals surface area contributed by atoms with Gasteiger partial charge in [0.05, 0.1) is 11.9 Å². The Labute approximate surface area is 222 Å². The number of carbonyl (C=O) groups is 2. The van der Waals surface area contributed by atoms with E-state index < -0.39 is 16.1 Å². The van der Waals surface area contributed by atoms with E-state index in [9.17, 15) is 18.0 Å². The summed E-state index contributed by atoms with van der Waals surface area (Å²) in [5, 5.41) is 3.45. The number of halogens is 2. The van der Waals surface area contributed by atoms with Crippen molar-refractivity contribution in [1.29, 1.82) is 0 Å². The van der Waals surface area contributed by atoms with Gasteiger partial charge in [0, 0.05) is 35.0 Å². The maximum atomic E-state index is 13.3. The molecule has 0 aliphatic carbocycles. The van der Waals surface area contributed by atoms with Gasteiger partial charge in [-0.1, -0.05) is 46.6 Å². The topological polar surface area (TPSA) is 86.8 Å². The van der Waals surface area contributed by atoms with Crippen LogP contribution < -0.4 is 9.62 Å². The molecule has 0 saturated carbocycles. The zero-order valence-corrected chi connectivity index (χ0v) is 23.7. The van der Waals surface area contributed by atoms with E-state index in [1.54, 1.807) is 36.1 Å². The van der Waals surface area contributed by atoms with Crippen LogP contribution in [0.2, 0.25) is 5.02 Å². The van der Waals surface area contributed by atoms with Crippen molar-refractivity contribution in [2.75, 3.05) is 17.1 Å². The number of anilines is 1. The molecule has 35 heavy (non-hydrogen) atoms. The Morgan fingerprint density at radius 2 is 1.66 bits per heavy atom. The predicted molar refractivity (Wildman–Crippen MR) is 145 cm³/mol. The van der Waals surface area contributed by atoms with Crippen LogP contribution in [0.5, 0.6) is 0 Å². The van der Waals surface area contributed by atoms with Crippen molar-refractivity contribution in [3.05, 3.63) is 63.6 Å². The fraction of sp³-hybridized carbons (Fsp3) is 0.440. The van der Waals surface area contributed by atoms with Gasteiger partial charge in [0.15, 0.2) is 0 Å². The Balaban J connectivity index is 2.15. The molecule has 1 N–H and O–H groups in total. The van der Waals surface area contributed by atoms with E-state index in [0.29, 0.717) is 17.1 Å². The molecule has 2 amide bonds. The fourth-order valence-corrected chi connectivity index (χ4v) is 4.80. The molecule has 2 aromatic rings. The molecule has 7 nitrogen and oxygen atoms in total. The van der Waals surface area contributed by atoms with Crippen LogP contribution in [0, 0.1) is 0 Å². The predicted octanol–water partition coefficient (Wildman–Crippen LogP) is 4.98. The number of nitrogens with one attached hydrogen (secondary N) is 1. The molecule has 0 aliphatic heterocycles. The number of sulfonamides is 1. The minimum absolute atomic E-state index is 0.00252. The highest BCUT2D eigenvalue weighted by Crippen LogP contribution is 2.22. The van der Waals surface area contributed by atoms with Crippen LogP contribution in [0.1, 0.15) is 45.6 Å². The lowest BCUT2D eigenvalue weighted by molar-refractivity contribution is -0.140. The molecule has 0 fully saturated rings. The zero-order valence-electron chi connectivity index (χ0n) is 20.5. The molecule has 0 saturated heterocycles. The van der Waals surface area contributed by atoms with Gasteiger partial charge in [0.1, 0.15) is 6.04 Å². The average Bonchev–Trinajstić information content (AvgIpc) is 2.80. The van der Waals surface area contributed by atoms with Crippen molar-refractivity contribution >= 4 is 55.1 Å². The monoisotopic (exact) mass is 585 g/mol. The Kier molecular flexibility index (Phi) is 11.0. The number of amides is 2. The SMILES string of the molecule is CC[C@@H](C)NC(=O)[C@@H](C)N(Cc1ccc(Br)cc1)C(=O)CCCN(c1ccc(Cl)cc1)S(C)(=O)=O. The Morgan fingerprint density at radius 3 is 2.20 bits per heavy atom. The first-order chi connectivity index (χ1) is 16.4. The van der Waals surface area contributed by atoms with Crippen molar-refractivity contribution in [2.45, 2.75) is 58.7 Å². The summed E-state index contributed by atoms with van der Waals surface area (Å²) < 4.78 is 26.9. The Morgan fingerprint density at radius 1 is 1.06 bits per heavy atom. The molecular formula is C25H33BrClN3O4S. The Bertz CT molecular complexity index is 1090. The van der Waals surface area contributed by atoms with Gasteiger partial charge >= 0.3 is 0 Å². The summed E-state index contributed by atoms with van der Waals surface area (Å²) in [6.07, 6.45) is 2.30. The fourth-order valence-electron chi connectivity index (χ4n) is 3.45. The standard InChI is InChI=1S/C25H33BrClN3O4S/c1-5-18(2)28-25(32)19(3)29(17-20-8-10-21(26)11-9-20)24(31)7-6-16-30(35(4,33)34)23-14-12-22(27)13-15-23/h8-15,18-19H,5-7,16-17H2,1-4H3,(H,28,32)/t18-,19-/m1/s1. The van der Waals surface area contributed by atoms with Crippen LogP contribution in [-0.4, -0.2) is 50.0 Å². The van der Waals surface area contributed by atoms with Gasteiger partial charge in [-0.15, -0.1) is 0 Å². The zero-order chi connectivity index (χ0) is 26.2. The molecular weight excluding hydrogens is 554 g/mol. The van der Waals surface area contributed by atoms with Crippen LogP contribution in [0.4, 0.5) is 5.69 Å². The normalized spacial score (nSPS) is 13.1. The average molecular weight is 587 g/mol. The summed E-state index contributed by atoms with van der Waals surface area (Å²) in [6.45, 7) is 6.02. The number of nitrogens with zero attached hydrogens (tertiary/aromatic N) is 2. The highest BCUT2D eigenvalue weighted by atomic mass is 79.9. The summed E-state index contributed by atoms with van der Waals surface area (Å²) in [6, 6.07) is 13.4. The largest absolute Gasteiger partial charge is 0.352 e. The molecule has 2 aromatic carbocycles. The first-order valence-corrected chi connectivity index (χ1v) is 14.5. The summed E-state index contributed by atoms with van der Waals surface area (Å²) in [7, 11) is -3.55. The van der Waals surface area contributed by atoms with Gasteiger partial charge in [-0.05, 0) is 68.7 Å². The van der Waals surface area contributed by atoms with Crippen LogP contribution in [0.3, 0.4) is 0 Å². The molecule has 0 aliphatic rings. The minimum atomic E-state index is -3.55. The lowest BCUT2D eigenvalue weighted by Crippen LogP contribution is -2.49. The van der Waals surface area contributed by atoms with Gasteiger partial charge in [-0.25, -0.2) is 8.42 Å². The van der Waals surface area contributed by atoms with Crippen molar-refractivity contribution in [3.8, 4) is 0 Å². The lowest BCUT2D eigenvalue weighted by atomic mass is 10.1. The first kappa shape index (κ1) is 29.1. The highest BCUT2D eigenvalue weighted by molar-refractivity contribution is 9.10. The van der Waals surface area contributed by atoms with E-state index in [-0.39, 0.29) is 37.4 Å². The smallest absolute Gasteiger partial charge is 0.242 e. The second-order valence-electron chi connectivity index (χ2n) is 8.56. The third-order valence-electron chi connectivity index (χ3n) is 5.70. The van der Waals surface area contributed by atoms with E-state index >= 15 is 0 Å². The van der Waals surface area contributed by atoms with Crippen LogP contribution in [-0.2, 0) is 26.2 Å². The molecule has 2 atom stereocenters. The van der Waals surface area contributed by atoms with Crippen LogP contribution in [0.25, 0.3) is 0 Å². The maximum absolute atomic E-state index is 13.3. The molecule has 0 heterocycles. The van der Waals surface area contributed by atoms with Crippen molar-refractivity contribution in [2.24, 2.45) is 0 Å². The van der Waals surface area contributed by atoms with E-state index in [1.807, 2.05) is 38.1 Å². The van der Waals surface area contributed by atoms with Crippen molar-refractivity contribution in [1.82, 2.24) is 10.2 Å². The summed E-state index contributed by atoms with van der Waals surface area (Å²) in [5.74, 6) is -0.437. The maximum Gasteiger partial charge on any atom is 0.242 e. The highest BCUT2D eigenvalue weighted by Gasteiger charge is 2.27.